The fourth-order valence-electron chi connectivity index (χ4n) is 8.62. The summed E-state index contributed by atoms with van der Waals surface area (Å²) >= 11 is 1.86. The Kier molecular flexibility index (Phi) is 5.65. The molecule has 52 heavy (non-hydrogen) atoms. The van der Waals surface area contributed by atoms with Crippen molar-refractivity contribution in [3.8, 4) is 11.1 Å². The van der Waals surface area contributed by atoms with Gasteiger partial charge in [-0.2, -0.15) is 0 Å². The van der Waals surface area contributed by atoms with Gasteiger partial charge in [0.2, 0.25) is 0 Å². The van der Waals surface area contributed by atoms with Crippen LogP contribution in [0.15, 0.2) is 174 Å². The summed E-state index contributed by atoms with van der Waals surface area (Å²) in [6, 6.07) is 61.8. The molecule has 0 atom stereocenters. The maximum atomic E-state index is 6.28. The highest BCUT2D eigenvalue weighted by atomic mass is 32.1. The van der Waals surface area contributed by atoms with Gasteiger partial charge in [0.25, 0.3) is 0 Å². The third kappa shape index (κ3) is 3.84. The standard InChI is InChI=1S/C48H28N2OS/c1-5-13-40-33(9-1)37-24-25-42(47-38-12-2-6-14-41(38)50(40)48(37)47)49(32-22-26-44-39(28-32)34-10-3-7-15-43(34)51-44)31-20-17-29(18-21-31)30-19-23-36-35-11-4-8-16-45(35)52-46(36)27-30/h1-28H. The van der Waals surface area contributed by atoms with Crippen LogP contribution in [0.5, 0.6) is 0 Å². The molecule has 0 aliphatic carbocycles. The largest absolute Gasteiger partial charge is 0.456 e. The zero-order chi connectivity index (χ0) is 33.9. The first-order valence-corrected chi connectivity index (χ1v) is 18.5. The highest BCUT2D eigenvalue weighted by Crippen LogP contribution is 2.48. The molecule has 3 nitrogen and oxygen atoms in total. The van der Waals surface area contributed by atoms with Crippen molar-refractivity contribution in [1.82, 2.24) is 4.40 Å². The summed E-state index contributed by atoms with van der Waals surface area (Å²) < 4.78 is 11.4. The van der Waals surface area contributed by atoms with Crippen molar-refractivity contribution in [3.63, 3.8) is 0 Å². The molecule has 0 saturated carbocycles. The molecule has 0 bridgehead atoms. The van der Waals surface area contributed by atoms with Gasteiger partial charge >= 0.3 is 0 Å². The number of anilines is 3. The molecule has 0 radical (unpaired) electrons. The Labute approximate surface area is 302 Å². The molecule has 4 aromatic heterocycles. The molecule has 0 amide bonds. The van der Waals surface area contributed by atoms with Gasteiger partial charge in [0.05, 0.1) is 22.2 Å². The SMILES string of the molecule is c1ccc2c(c1)oc1ccc(N(c3ccc(-c4ccc5c(c4)sc4ccccc45)cc3)c3ccc4c5ccccc5n5c6ccccc6c3c45)cc12. The summed E-state index contributed by atoms with van der Waals surface area (Å²) in [7, 11) is 0. The topological polar surface area (TPSA) is 20.8 Å². The van der Waals surface area contributed by atoms with Crippen LogP contribution in [0.1, 0.15) is 0 Å². The van der Waals surface area contributed by atoms with Crippen molar-refractivity contribution in [3.05, 3.63) is 170 Å². The van der Waals surface area contributed by atoms with E-state index in [9.17, 15) is 0 Å². The Bertz CT molecular complexity index is 3360. The normalized spacial score (nSPS) is 12.2. The lowest BCUT2D eigenvalue weighted by molar-refractivity contribution is 0.669. The van der Waals surface area contributed by atoms with Gasteiger partial charge in [-0.25, -0.2) is 0 Å². The predicted octanol–water partition coefficient (Wildman–Crippen LogP) is 14.2. The van der Waals surface area contributed by atoms with E-state index in [0.29, 0.717) is 0 Å². The van der Waals surface area contributed by atoms with Gasteiger partial charge in [-0.3, -0.25) is 0 Å². The van der Waals surface area contributed by atoms with E-state index in [0.717, 1.165) is 39.0 Å². The molecule has 12 aromatic rings. The summed E-state index contributed by atoms with van der Waals surface area (Å²) in [6.45, 7) is 0. The number of hydrogen-bond donors (Lipinski definition) is 0. The van der Waals surface area contributed by atoms with Crippen molar-refractivity contribution in [2.75, 3.05) is 4.90 Å². The summed E-state index contributed by atoms with van der Waals surface area (Å²) in [5.41, 5.74) is 11.3. The first kappa shape index (κ1) is 28.1. The second-order valence-electron chi connectivity index (χ2n) is 13.7. The van der Waals surface area contributed by atoms with Crippen molar-refractivity contribution in [2.45, 2.75) is 0 Å². The molecule has 8 aromatic carbocycles. The maximum Gasteiger partial charge on any atom is 0.135 e. The van der Waals surface area contributed by atoms with Crippen LogP contribution in [0, 0.1) is 0 Å². The van der Waals surface area contributed by atoms with Crippen LogP contribution in [-0.4, -0.2) is 4.40 Å². The summed E-state index contributed by atoms with van der Waals surface area (Å²) in [6.07, 6.45) is 0. The fourth-order valence-corrected chi connectivity index (χ4v) is 9.76. The lowest BCUT2D eigenvalue weighted by atomic mass is 10.0. The van der Waals surface area contributed by atoms with Crippen LogP contribution >= 0.6 is 11.3 Å². The van der Waals surface area contributed by atoms with E-state index in [4.69, 9.17) is 4.42 Å². The molecule has 0 saturated heterocycles. The molecule has 0 spiro atoms. The Morgan fingerprint density at radius 1 is 0.423 bits per heavy atom. The summed E-state index contributed by atoms with van der Waals surface area (Å²) in [5.74, 6) is 0. The number of furan rings is 1. The molecule has 0 unspecified atom stereocenters. The first-order chi connectivity index (χ1) is 25.8. The van der Waals surface area contributed by atoms with Crippen molar-refractivity contribution in [1.29, 1.82) is 0 Å². The maximum absolute atomic E-state index is 6.28. The third-order valence-corrected chi connectivity index (χ3v) is 12.1. The summed E-state index contributed by atoms with van der Waals surface area (Å²) in [5, 5.41) is 9.92. The number of fused-ring (bicyclic) bond motifs is 12. The third-order valence-electron chi connectivity index (χ3n) is 10.9. The number of nitrogens with zero attached hydrogens (tertiary/aromatic N) is 2. The molecule has 4 heteroatoms. The van der Waals surface area contributed by atoms with E-state index in [1.54, 1.807) is 0 Å². The van der Waals surface area contributed by atoms with Crippen molar-refractivity contribution in [2.24, 2.45) is 0 Å². The second-order valence-corrected chi connectivity index (χ2v) is 14.8. The Hall–Kier alpha value is -6.62. The Morgan fingerprint density at radius 3 is 1.92 bits per heavy atom. The fraction of sp³-hybridized carbons (Fsp3) is 0. The average molecular weight is 681 g/mol. The summed E-state index contributed by atoms with van der Waals surface area (Å²) in [4.78, 5) is 2.43. The molecular formula is C48H28N2OS. The zero-order valence-corrected chi connectivity index (χ0v) is 28.7. The van der Waals surface area contributed by atoms with Gasteiger partial charge in [-0.05, 0) is 77.9 Å². The lowest BCUT2D eigenvalue weighted by Crippen LogP contribution is -2.10. The smallest absolute Gasteiger partial charge is 0.135 e. The van der Waals surface area contributed by atoms with E-state index in [-0.39, 0.29) is 0 Å². The number of rotatable bonds is 4. The highest BCUT2D eigenvalue weighted by molar-refractivity contribution is 7.25. The first-order valence-electron chi connectivity index (χ1n) is 17.7. The van der Waals surface area contributed by atoms with E-state index < -0.39 is 0 Å². The molecule has 242 valence electrons. The van der Waals surface area contributed by atoms with Gasteiger partial charge < -0.3 is 13.7 Å². The zero-order valence-electron chi connectivity index (χ0n) is 27.9. The minimum absolute atomic E-state index is 0.891. The van der Waals surface area contributed by atoms with Crippen molar-refractivity contribution < 1.29 is 4.42 Å². The molecular weight excluding hydrogens is 653 g/mol. The van der Waals surface area contributed by atoms with Crippen LogP contribution in [0.3, 0.4) is 0 Å². The second kappa shape index (κ2) is 10.5. The predicted molar refractivity (Wildman–Crippen MR) is 221 cm³/mol. The molecule has 0 aliphatic heterocycles. The monoisotopic (exact) mass is 680 g/mol. The number of hydrogen-bond acceptors (Lipinski definition) is 3. The minimum atomic E-state index is 0.891. The van der Waals surface area contributed by atoms with Crippen LogP contribution in [0.2, 0.25) is 0 Å². The number of thiophene rings is 1. The van der Waals surface area contributed by atoms with E-state index in [1.807, 2.05) is 23.5 Å². The van der Waals surface area contributed by atoms with Gasteiger partial charge in [-0.15, -0.1) is 11.3 Å². The van der Waals surface area contributed by atoms with Crippen LogP contribution in [0.4, 0.5) is 17.1 Å². The lowest BCUT2D eigenvalue weighted by Gasteiger charge is -2.27. The van der Waals surface area contributed by atoms with E-state index >= 15 is 0 Å². The molecule has 12 rings (SSSR count). The number of para-hydroxylation sites is 3. The van der Waals surface area contributed by atoms with Crippen molar-refractivity contribution >= 4 is 109 Å². The van der Waals surface area contributed by atoms with E-state index in [1.165, 1.54) is 69.4 Å². The van der Waals surface area contributed by atoms with E-state index in [2.05, 4.69) is 167 Å². The minimum Gasteiger partial charge on any atom is -0.456 e. The van der Waals surface area contributed by atoms with Gasteiger partial charge in [0.1, 0.15) is 11.2 Å². The molecule has 4 heterocycles. The molecule has 0 aliphatic rings. The van der Waals surface area contributed by atoms with Gasteiger partial charge in [-0.1, -0.05) is 103 Å². The number of aromatic nitrogens is 1. The molecule has 0 N–H and O–H groups in total. The Balaban J connectivity index is 1.10. The van der Waals surface area contributed by atoms with Crippen LogP contribution in [0.25, 0.3) is 91.3 Å². The Morgan fingerprint density at radius 2 is 1.06 bits per heavy atom. The van der Waals surface area contributed by atoms with Gasteiger partial charge in [0, 0.05) is 63.9 Å². The number of benzene rings is 8. The van der Waals surface area contributed by atoms with Crippen LogP contribution < -0.4 is 4.90 Å². The average Bonchev–Trinajstić information content (AvgIpc) is 3.95. The quantitative estimate of drug-likeness (QED) is 0.184. The highest BCUT2D eigenvalue weighted by Gasteiger charge is 2.24. The van der Waals surface area contributed by atoms with Crippen LogP contribution in [-0.2, 0) is 0 Å². The molecule has 0 fully saturated rings. The van der Waals surface area contributed by atoms with Gasteiger partial charge in [0.15, 0.2) is 0 Å².